The van der Waals surface area contributed by atoms with Crippen molar-refractivity contribution in [2.24, 2.45) is 5.92 Å². The molecule has 5 nitrogen and oxygen atoms in total. The van der Waals surface area contributed by atoms with Crippen LogP contribution in [0.3, 0.4) is 0 Å². The minimum absolute atomic E-state index is 0.189. The van der Waals surface area contributed by atoms with Gasteiger partial charge in [-0.25, -0.2) is 4.39 Å². The second kappa shape index (κ2) is 6.94. The number of hydrogen-bond acceptors (Lipinski definition) is 2. The van der Waals surface area contributed by atoms with Crippen LogP contribution in [0.1, 0.15) is 56.7 Å². The van der Waals surface area contributed by atoms with Gasteiger partial charge in [-0.2, -0.15) is 17.4 Å². The predicted molar refractivity (Wildman–Crippen MR) is 103 cm³/mol. The Hall–Kier alpha value is -1.44. The number of fused-ring (bicyclic) bond motifs is 1. The van der Waals surface area contributed by atoms with Crippen molar-refractivity contribution in [3.63, 3.8) is 0 Å². The highest BCUT2D eigenvalue weighted by Gasteiger charge is 2.28. The maximum atomic E-state index is 14.6. The zero-order valence-corrected chi connectivity index (χ0v) is 16.9. The normalized spacial score (nSPS) is 16.8. The molecule has 1 aliphatic carbocycles. The fourth-order valence-electron chi connectivity index (χ4n) is 3.34. The van der Waals surface area contributed by atoms with Gasteiger partial charge in [0.25, 0.3) is 10.2 Å². The molecule has 0 bridgehead atoms. The van der Waals surface area contributed by atoms with Gasteiger partial charge in [-0.15, -0.1) is 0 Å². The van der Waals surface area contributed by atoms with Crippen LogP contribution in [0.5, 0.6) is 0 Å². The van der Waals surface area contributed by atoms with Crippen molar-refractivity contribution >= 4 is 21.1 Å². The molecule has 0 saturated heterocycles. The number of nitrogens with zero attached hydrogens (tertiary/aromatic N) is 2. The summed E-state index contributed by atoms with van der Waals surface area (Å²) in [6.45, 7) is 6.87. The van der Waals surface area contributed by atoms with E-state index in [0.29, 0.717) is 11.8 Å². The van der Waals surface area contributed by atoms with Crippen LogP contribution in [0.25, 0.3) is 10.9 Å². The second-order valence-electron chi connectivity index (χ2n) is 7.92. The fourth-order valence-corrected chi connectivity index (χ4v) is 4.13. The van der Waals surface area contributed by atoms with Crippen LogP contribution in [0, 0.1) is 11.7 Å². The van der Waals surface area contributed by atoms with Gasteiger partial charge in [0, 0.05) is 43.8 Å². The number of nitrogens with one attached hydrogen (secondary N) is 1. The minimum atomic E-state index is -3.57. The van der Waals surface area contributed by atoms with Crippen molar-refractivity contribution in [2.75, 3.05) is 14.1 Å². The SMILES string of the molecule is CC(C)Cn1cc([C@@H](C)NS(=O)(=O)N(C)C)c2cc(F)c(C3CC3)cc21. The Morgan fingerprint density at radius 3 is 2.46 bits per heavy atom. The van der Waals surface area contributed by atoms with Crippen molar-refractivity contribution in [3.05, 3.63) is 35.3 Å². The van der Waals surface area contributed by atoms with Gasteiger partial charge in [-0.1, -0.05) is 13.8 Å². The molecule has 0 unspecified atom stereocenters. The standard InChI is InChI=1S/C19H28FN3O2S/c1-12(2)10-23-11-17(13(3)21-26(24,25)22(4)5)16-8-18(20)15(9-19(16)23)14-6-7-14/h8-9,11-14,21H,6-7,10H2,1-5H3/t13-/m1/s1. The molecule has 7 heteroatoms. The summed E-state index contributed by atoms with van der Waals surface area (Å²) in [7, 11) is -0.600. The molecule has 1 heterocycles. The molecule has 1 aromatic heterocycles. The van der Waals surface area contributed by atoms with Gasteiger partial charge in [0.15, 0.2) is 0 Å². The molecule has 0 spiro atoms. The number of aromatic nitrogens is 1. The maximum Gasteiger partial charge on any atom is 0.279 e. The van der Waals surface area contributed by atoms with Crippen LogP contribution in [0.4, 0.5) is 4.39 Å². The quantitative estimate of drug-likeness (QED) is 0.794. The third kappa shape index (κ3) is 3.80. The van der Waals surface area contributed by atoms with E-state index in [1.807, 2.05) is 12.3 Å². The fraction of sp³-hybridized carbons (Fsp3) is 0.579. The van der Waals surface area contributed by atoms with E-state index in [9.17, 15) is 12.8 Å². The van der Waals surface area contributed by atoms with Crippen molar-refractivity contribution in [1.29, 1.82) is 0 Å². The van der Waals surface area contributed by atoms with Gasteiger partial charge >= 0.3 is 0 Å². The number of benzene rings is 1. The van der Waals surface area contributed by atoms with Crippen LogP contribution < -0.4 is 4.72 Å². The van der Waals surface area contributed by atoms with Gasteiger partial charge in [-0.05, 0) is 54.9 Å². The van der Waals surface area contributed by atoms with E-state index in [2.05, 4.69) is 23.1 Å². The van der Waals surface area contributed by atoms with E-state index < -0.39 is 16.3 Å². The van der Waals surface area contributed by atoms with Gasteiger partial charge in [0.2, 0.25) is 0 Å². The van der Waals surface area contributed by atoms with Crippen molar-refractivity contribution in [3.8, 4) is 0 Å². The highest BCUT2D eigenvalue weighted by molar-refractivity contribution is 7.87. The van der Waals surface area contributed by atoms with E-state index in [0.717, 1.165) is 45.7 Å². The smallest absolute Gasteiger partial charge is 0.279 e. The lowest BCUT2D eigenvalue weighted by Crippen LogP contribution is -2.37. The largest absolute Gasteiger partial charge is 0.347 e. The third-order valence-corrected chi connectivity index (χ3v) is 6.50. The predicted octanol–water partition coefficient (Wildman–Crippen LogP) is 3.77. The van der Waals surface area contributed by atoms with Crippen LogP contribution in [0.15, 0.2) is 18.3 Å². The van der Waals surface area contributed by atoms with E-state index in [-0.39, 0.29) is 5.82 Å². The van der Waals surface area contributed by atoms with E-state index in [4.69, 9.17) is 0 Å². The molecular formula is C19H28FN3O2S. The lowest BCUT2D eigenvalue weighted by Gasteiger charge is -2.17. The molecule has 0 radical (unpaired) electrons. The second-order valence-corrected chi connectivity index (χ2v) is 9.84. The van der Waals surface area contributed by atoms with E-state index >= 15 is 0 Å². The first kappa shape index (κ1) is 19.3. The summed E-state index contributed by atoms with van der Waals surface area (Å²) in [4.78, 5) is 0. The first-order chi connectivity index (χ1) is 12.1. The first-order valence-corrected chi connectivity index (χ1v) is 10.6. The average Bonchev–Trinajstić information content (AvgIpc) is 3.30. The first-order valence-electron chi connectivity index (χ1n) is 9.12. The Balaban J connectivity index is 2.08. The molecule has 144 valence electrons. The van der Waals surface area contributed by atoms with Crippen molar-refractivity contribution < 1.29 is 12.8 Å². The van der Waals surface area contributed by atoms with Gasteiger partial charge < -0.3 is 4.57 Å². The van der Waals surface area contributed by atoms with Gasteiger partial charge in [-0.3, -0.25) is 0 Å². The number of rotatable bonds is 7. The lowest BCUT2D eigenvalue weighted by atomic mass is 10.0. The molecule has 1 atom stereocenters. The van der Waals surface area contributed by atoms with Crippen molar-refractivity contribution in [1.82, 2.24) is 13.6 Å². The summed E-state index contributed by atoms with van der Waals surface area (Å²) in [6.07, 6.45) is 4.04. The van der Waals surface area contributed by atoms with Crippen molar-refractivity contribution in [2.45, 2.75) is 52.1 Å². The molecule has 1 N–H and O–H groups in total. The molecular weight excluding hydrogens is 353 g/mol. The summed E-state index contributed by atoms with van der Waals surface area (Å²) in [5.41, 5.74) is 2.56. The summed E-state index contributed by atoms with van der Waals surface area (Å²) in [5.74, 6) is 0.572. The Bertz CT molecular complexity index is 914. The Labute approximate surface area is 155 Å². The number of halogens is 1. The maximum absolute atomic E-state index is 14.6. The highest BCUT2D eigenvalue weighted by Crippen LogP contribution is 2.43. The number of hydrogen-bond donors (Lipinski definition) is 1. The summed E-state index contributed by atoms with van der Waals surface area (Å²) >= 11 is 0. The van der Waals surface area contributed by atoms with Crippen LogP contribution in [-0.2, 0) is 16.8 Å². The summed E-state index contributed by atoms with van der Waals surface area (Å²) in [5, 5.41) is 0.779. The Morgan fingerprint density at radius 1 is 1.27 bits per heavy atom. The minimum Gasteiger partial charge on any atom is -0.347 e. The average molecular weight is 382 g/mol. The topological polar surface area (TPSA) is 54.3 Å². The van der Waals surface area contributed by atoms with E-state index in [1.165, 1.54) is 14.1 Å². The highest BCUT2D eigenvalue weighted by atomic mass is 32.2. The van der Waals surface area contributed by atoms with Gasteiger partial charge in [0.1, 0.15) is 5.82 Å². The summed E-state index contributed by atoms with van der Waals surface area (Å²) < 4.78 is 44.9. The zero-order chi connectivity index (χ0) is 19.2. The molecule has 1 fully saturated rings. The molecule has 0 amide bonds. The van der Waals surface area contributed by atoms with Crippen LogP contribution in [-0.4, -0.2) is 31.4 Å². The van der Waals surface area contributed by atoms with E-state index in [1.54, 1.807) is 13.0 Å². The molecule has 2 aromatic rings. The molecule has 3 rings (SSSR count). The molecule has 1 aliphatic rings. The summed E-state index contributed by atoms with van der Waals surface area (Å²) in [6, 6.07) is 3.08. The molecule has 1 saturated carbocycles. The molecule has 0 aliphatic heterocycles. The Kier molecular flexibility index (Phi) is 5.16. The monoisotopic (exact) mass is 381 g/mol. The zero-order valence-electron chi connectivity index (χ0n) is 16.1. The Morgan fingerprint density at radius 2 is 1.92 bits per heavy atom. The molecule has 1 aromatic carbocycles. The van der Waals surface area contributed by atoms with Crippen LogP contribution in [0.2, 0.25) is 0 Å². The van der Waals surface area contributed by atoms with Gasteiger partial charge in [0.05, 0.1) is 0 Å². The molecule has 26 heavy (non-hydrogen) atoms. The van der Waals surface area contributed by atoms with Crippen LogP contribution >= 0.6 is 0 Å². The lowest BCUT2D eigenvalue weighted by molar-refractivity contribution is 0.494. The third-order valence-electron chi connectivity index (χ3n) is 4.88.